The second kappa shape index (κ2) is 6.74. The maximum absolute atomic E-state index is 11.7. The Morgan fingerprint density at radius 1 is 1.22 bits per heavy atom. The van der Waals surface area contributed by atoms with Crippen molar-refractivity contribution >= 4 is 11.5 Å². The third-order valence-corrected chi connectivity index (χ3v) is 4.80. The van der Waals surface area contributed by atoms with Gasteiger partial charge >= 0.3 is 11.9 Å². The van der Waals surface area contributed by atoms with Gasteiger partial charge in [0.2, 0.25) is 0 Å². The molecule has 4 rings (SSSR count). The Hall–Kier alpha value is -2.79. The first kappa shape index (κ1) is 17.6. The number of rotatable bonds is 4. The molecule has 0 spiro atoms. The smallest absolute Gasteiger partial charge is 0.400 e. The maximum Gasteiger partial charge on any atom is 0.400 e. The van der Waals surface area contributed by atoms with Crippen LogP contribution in [0.5, 0.6) is 11.5 Å². The molecule has 2 heterocycles. The number of hydrogen-bond acceptors (Lipinski definition) is 5. The van der Waals surface area contributed by atoms with Crippen molar-refractivity contribution < 1.29 is 23.7 Å². The van der Waals surface area contributed by atoms with E-state index in [-0.39, 0.29) is 6.10 Å². The summed E-state index contributed by atoms with van der Waals surface area (Å²) in [6.45, 7) is 5.75. The minimum atomic E-state index is -1.47. The van der Waals surface area contributed by atoms with Gasteiger partial charge in [-0.05, 0) is 37.1 Å². The molecule has 5 nitrogen and oxygen atoms in total. The Morgan fingerprint density at radius 2 is 2.00 bits per heavy atom. The summed E-state index contributed by atoms with van der Waals surface area (Å²) < 4.78 is 23.4. The van der Waals surface area contributed by atoms with E-state index >= 15 is 0 Å². The summed E-state index contributed by atoms with van der Waals surface area (Å²) in [6.07, 6.45) is 0.558. The molecular formula is C22H22O5. The van der Waals surface area contributed by atoms with Crippen LogP contribution in [0.3, 0.4) is 0 Å². The van der Waals surface area contributed by atoms with Crippen molar-refractivity contribution in [3.05, 3.63) is 65.2 Å². The number of fused-ring (bicyclic) bond motifs is 2. The Labute approximate surface area is 158 Å². The van der Waals surface area contributed by atoms with E-state index in [1.54, 1.807) is 0 Å². The number of benzene rings is 2. The lowest BCUT2D eigenvalue weighted by atomic mass is 9.94. The third kappa shape index (κ3) is 3.30. The summed E-state index contributed by atoms with van der Waals surface area (Å²) in [7, 11) is 0. The molecule has 0 bridgehead atoms. The monoisotopic (exact) mass is 366 g/mol. The van der Waals surface area contributed by atoms with Crippen LogP contribution in [0.2, 0.25) is 0 Å². The van der Waals surface area contributed by atoms with Gasteiger partial charge in [0.15, 0.2) is 0 Å². The molecule has 0 saturated carbocycles. The molecule has 5 heteroatoms. The van der Waals surface area contributed by atoms with Crippen molar-refractivity contribution in [1.29, 1.82) is 0 Å². The zero-order valence-corrected chi connectivity index (χ0v) is 15.7. The first-order chi connectivity index (χ1) is 13.0. The molecule has 2 aliphatic rings. The van der Waals surface area contributed by atoms with Gasteiger partial charge in [0.1, 0.15) is 18.1 Å². The van der Waals surface area contributed by atoms with Gasteiger partial charge in [0.05, 0.1) is 11.7 Å². The molecule has 0 radical (unpaired) electrons. The molecule has 1 saturated heterocycles. The zero-order valence-electron chi connectivity index (χ0n) is 15.7. The van der Waals surface area contributed by atoms with E-state index < -0.39 is 11.9 Å². The summed E-state index contributed by atoms with van der Waals surface area (Å²) >= 11 is 0. The SMILES string of the molecule is CC(=O)O[C@]12Oc3cc(OCc4ccccc4)ccc3C(C)=C1C[C@@H](C)O2. The van der Waals surface area contributed by atoms with Crippen molar-refractivity contribution in [3.63, 3.8) is 0 Å². The highest BCUT2D eigenvalue weighted by Crippen LogP contribution is 2.49. The number of allylic oxidation sites excluding steroid dienone is 1. The highest BCUT2D eigenvalue weighted by atomic mass is 16.9. The van der Waals surface area contributed by atoms with Crippen LogP contribution in [-0.2, 0) is 20.9 Å². The molecule has 0 aliphatic carbocycles. The van der Waals surface area contributed by atoms with Crippen LogP contribution < -0.4 is 9.47 Å². The van der Waals surface area contributed by atoms with E-state index in [4.69, 9.17) is 18.9 Å². The van der Waals surface area contributed by atoms with Crippen molar-refractivity contribution in [2.45, 2.75) is 45.9 Å². The molecule has 27 heavy (non-hydrogen) atoms. The predicted octanol–water partition coefficient (Wildman–Crippen LogP) is 4.46. The van der Waals surface area contributed by atoms with E-state index in [0.717, 1.165) is 22.3 Å². The number of carbonyl (C=O) groups is 1. The van der Waals surface area contributed by atoms with Crippen LogP contribution in [0.4, 0.5) is 0 Å². The minimum Gasteiger partial charge on any atom is -0.489 e. The summed E-state index contributed by atoms with van der Waals surface area (Å²) in [4.78, 5) is 11.7. The first-order valence-corrected chi connectivity index (χ1v) is 9.04. The lowest BCUT2D eigenvalue weighted by molar-refractivity contribution is -0.295. The van der Waals surface area contributed by atoms with Gasteiger partial charge in [0.25, 0.3) is 0 Å². The first-order valence-electron chi connectivity index (χ1n) is 9.04. The van der Waals surface area contributed by atoms with Crippen molar-refractivity contribution in [1.82, 2.24) is 0 Å². The second-order valence-corrected chi connectivity index (χ2v) is 6.92. The Kier molecular flexibility index (Phi) is 4.40. The summed E-state index contributed by atoms with van der Waals surface area (Å²) in [5.74, 6) is -0.662. The van der Waals surface area contributed by atoms with Gasteiger partial charge in [-0.2, -0.15) is 0 Å². The number of carbonyl (C=O) groups excluding carboxylic acids is 1. The van der Waals surface area contributed by atoms with E-state index in [2.05, 4.69) is 0 Å². The number of esters is 1. The molecule has 2 aromatic carbocycles. The average Bonchev–Trinajstić information content (AvgIpc) is 2.96. The highest BCUT2D eigenvalue weighted by molar-refractivity contribution is 5.77. The third-order valence-electron chi connectivity index (χ3n) is 4.80. The van der Waals surface area contributed by atoms with Gasteiger partial charge in [-0.25, -0.2) is 0 Å². The molecule has 0 aromatic heterocycles. The molecule has 0 amide bonds. The van der Waals surface area contributed by atoms with E-state index in [1.165, 1.54) is 6.92 Å². The van der Waals surface area contributed by atoms with Crippen LogP contribution in [0.25, 0.3) is 5.57 Å². The Bertz CT molecular complexity index is 902. The van der Waals surface area contributed by atoms with E-state index in [9.17, 15) is 4.79 Å². The largest absolute Gasteiger partial charge is 0.489 e. The number of ether oxygens (including phenoxy) is 4. The molecule has 0 unspecified atom stereocenters. The quantitative estimate of drug-likeness (QED) is 0.748. The summed E-state index contributed by atoms with van der Waals surface area (Å²) in [5, 5.41) is 0. The second-order valence-electron chi connectivity index (χ2n) is 6.92. The molecule has 2 atom stereocenters. The molecule has 140 valence electrons. The van der Waals surface area contributed by atoms with Crippen molar-refractivity contribution in [3.8, 4) is 11.5 Å². The topological polar surface area (TPSA) is 54.0 Å². The van der Waals surface area contributed by atoms with E-state index in [0.29, 0.717) is 24.5 Å². The fourth-order valence-electron chi connectivity index (χ4n) is 3.59. The van der Waals surface area contributed by atoms with Gasteiger partial charge in [-0.15, -0.1) is 0 Å². The van der Waals surface area contributed by atoms with Crippen LogP contribution in [0.1, 0.15) is 38.3 Å². The average molecular weight is 366 g/mol. The summed E-state index contributed by atoms with van der Waals surface area (Å²) in [5.41, 5.74) is 3.91. The van der Waals surface area contributed by atoms with Crippen LogP contribution in [0.15, 0.2) is 54.1 Å². The lowest BCUT2D eigenvalue weighted by Crippen LogP contribution is -2.44. The number of hydrogen-bond donors (Lipinski definition) is 0. The van der Waals surface area contributed by atoms with Crippen molar-refractivity contribution in [2.24, 2.45) is 0 Å². The summed E-state index contributed by atoms with van der Waals surface area (Å²) in [6, 6.07) is 15.7. The van der Waals surface area contributed by atoms with E-state index in [1.807, 2.05) is 62.4 Å². The fraction of sp³-hybridized carbons (Fsp3) is 0.318. The molecule has 2 aliphatic heterocycles. The van der Waals surface area contributed by atoms with Gasteiger partial charge < -0.3 is 18.9 Å². The van der Waals surface area contributed by atoms with Gasteiger partial charge in [-0.1, -0.05) is 30.3 Å². The fourth-order valence-corrected chi connectivity index (χ4v) is 3.59. The van der Waals surface area contributed by atoms with Gasteiger partial charge in [0, 0.05) is 25.0 Å². The standard InChI is InChI=1S/C22H22O5/c1-14-11-20-15(2)19-10-9-18(24-13-17-7-5-4-6-8-17)12-21(19)27-22(20,25-14)26-16(3)23/h4-10,12,14H,11,13H2,1-3H3/t14-,22+/m1/s1. The highest BCUT2D eigenvalue weighted by Gasteiger charge is 2.53. The Balaban J connectivity index is 1.63. The van der Waals surface area contributed by atoms with Crippen molar-refractivity contribution in [2.75, 3.05) is 0 Å². The predicted molar refractivity (Wildman–Crippen MR) is 100 cm³/mol. The van der Waals surface area contributed by atoms with Crippen LogP contribution in [-0.4, -0.2) is 18.0 Å². The lowest BCUT2D eigenvalue weighted by Gasteiger charge is -2.34. The maximum atomic E-state index is 11.7. The normalized spacial score (nSPS) is 23.3. The molecule has 2 aromatic rings. The Morgan fingerprint density at radius 3 is 2.74 bits per heavy atom. The molecular weight excluding hydrogens is 344 g/mol. The van der Waals surface area contributed by atoms with Crippen LogP contribution in [0, 0.1) is 0 Å². The minimum absolute atomic E-state index is 0.0996. The van der Waals surface area contributed by atoms with Gasteiger partial charge in [-0.3, -0.25) is 4.79 Å². The van der Waals surface area contributed by atoms with Crippen LogP contribution >= 0.6 is 0 Å². The molecule has 1 fully saturated rings. The zero-order chi connectivity index (χ0) is 19.0. The molecule has 0 N–H and O–H groups in total.